The number of amides is 1. The van der Waals surface area contributed by atoms with Crippen LogP contribution in [0.5, 0.6) is 0 Å². The quantitative estimate of drug-likeness (QED) is 0.0775. The Morgan fingerprint density at radius 1 is 1.12 bits per heavy atom. The van der Waals surface area contributed by atoms with Crippen LogP contribution in [0, 0.1) is 5.41 Å². The molecule has 0 aliphatic rings. The number of nitrogens with zero attached hydrogens (tertiary/aromatic N) is 2. The number of nitrogens with two attached hydrogens (primary N) is 2. The SMILES string of the molecule is C=C(N)Nc1ncc(CNc2ccc(C(=O)NC(CS(=O)NCC(=O)OCC)C(=O)OCC)cc2)nc1C(=N)N. The summed E-state index contributed by atoms with van der Waals surface area (Å²) in [7, 11) is -1.83. The second kappa shape index (κ2) is 15.7. The van der Waals surface area contributed by atoms with Crippen LogP contribution in [0.2, 0.25) is 0 Å². The van der Waals surface area contributed by atoms with Crippen LogP contribution in [0.25, 0.3) is 0 Å². The molecule has 1 heterocycles. The predicted molar refractivity (Wildman–Crippen MR) is 149 cm³/mol. The molecule has 2 atom stereocenters. The third-order valence-corrected chi connectivity index (χ3v) is 5.96. The molecule has 0 saturated heterocycles. The van der Waals surface area contributed by atoms with Crippen molar-refractivity contribution in [2.24, 2.45) is 11.5 Å². The fraction of sp³-hybridized carbons (Fsp3) is 0.333. The highest BCUT2D eigenvalue weighted by Gasteiger charge is 2.25. The minimum absolute atomic E-state index is 0.0638. The first-order chi connectivity index (χ1) is 19.0. The molecule has 9 N–H and O–H groups in total. The molecule has 1 aromatic heterocycles. The molecule has 0 spiro atoms. The van der Waals surface area contributed by atoms with Crippen molar-refractivity contribution in [3.05, 3.63) is 59.8 Å². The molecule has 15 nitrogen and oxygen atoms in total. The van der Waals surface area contributed by atoms with E-state index in [9.17, 15) is 18.6 Å². The monoisotopic (exact) mass is 575 g/mol. The fourth-order valence-corrected chi connectivity index (χ4v) is 4.01. The van der Waals surface area contributed by atoms with E-state index >= 15 is 0 Å². The topological polar surface area (TPSA) is 237 Å². The summed E-state index contributed by atoms with van der Waals surface area (Å²) in [6.07, 6.45) is 1.48. The van der Waals surface area contributed by atoms with Crippen molar-refractivity contribution in [3.63, 3.8) is 0 Å². The van der Waals surface area contributed by atoms with Crippen molar-refractivity contribution >= 4 is 46.2 Å². The van der Waals surface area contributed by atoms with Gasteiger partial charge in [-0.05, 0) is 38.1 Å². The first kappa shape index (κ1) is 31.6. The highest BCUT2D eigenvalue weighted by molar-refractivity contribution is 7.83. The van der Waals surface area contributed by atoms with Gasteiger partial charge in [-0.3, -0.25) is 15.0 Å². The Kier molecular flexibility index (Phi) is 12.5. The van der Waals surface area contributed by atoms with Gasteiger partial charge in [0.05, 0.1) is 54.2 Å². The van der Waals surface area contributed by atoms with Crippen LogP contribution in [0.4, 0.5) is 11.5 Å². The van der Waals surface area contributed by atoms with E-state index in [4.69, 9.17) is 26.4 Å². The van der Waals surface area contributed by atoms with Crippen LogP contribution >= 0.6 is 0 Å². The fourth-order valence-electron chi connectivity index (χ4n) is 3.09. The number of nitrogens with one attached hydrogen (secondary N) is 5. The number of carbonyl (C=O) groups is 3. The molecule has 2 unspecified atom stereocenters. The van der Waals surface area contributed by atoms with E-state index in [-0.39, 0.29) is 60.8 Å². The van der Waals surface area contributed by atoms with Crippen LogP contribution in [0.15, 0.2) is 42.9 Å². The van der Waals surface area contributed by atoms with E-state index in [0.717, 1.165) is 0 Å². The van der Waals surface area contributed by atoms with E-state index < -0.39 is 34.9 Å². The molecule has 0 saturated carbocycles. The zero-order valence-corrected chi connectivity index (χ0v) is 22.9. The van der Waals surface area contributed by atoms with Gasteiger partial charge in [0.1, 0.15) is 24.1 Å². The lowest BCUT2D eigenvalue weighted by Gasteiger charge is -2.17. The Labute approximate surface area is 233 Å². The molecule has 0 aliphatic carbocycles. The summed E-state index contributed by atoms with van der Waals surface area (Å²) < 4.78 is 24.5. The second-order valence-corrected chi connectivity index (χ2v) is 9.28. The average Bonchev–Trinajstić information content (AvgIpc) is 2.91. The maximum atomic E-state index is 12.8. The molecule has 0 bridgehead atoms. The Morgan fingerprint density at radius 3 is 2.40 bits per heavy atom. The second-order valence-electron chi connectivity index (χ2n) is 7.97. The van der Waals surface area contributed by atoms with Gasteiger partial charge in [0, 0.05) is 11.3 Å². The third-order valence-electron chi connectivity index (χ3n) is 4.85. The lowest BCUT2D eigenvalue weighted by molar-refractivity contribution is -0.144. The van der Waals surface area contributed by atoms with Crippen molar-refractivity contribution in [2.45, 2.75) is 26.4 Å². The van der Waals surface area contributed by atoms with Crippen molar-refractivity contribution in [2.75, 3.05) is 36.1 Å². The minimum atomic E-state index is -1.83. The number of esters is 2. The highest BCUT2D eigenvalue weighted by Crippen LogP contribution is 2.14. The van der Waals surface area contributed by atoms with E-state index in [1.54, 1.807) is 26.0 Å². The number of hydrogen-bond acceptors (Lipinski definition) is 12. The molecule has 0 fully saturated rings. The Balaban J connectivity index is 2.01. The van der Waals surface area contributed by atoms with Crippen molar-refractivity contribution < 1.29 is 28.1 Å². The summed E-state index contributed by atoms with van der Waals surface area (Å²) in [5, 5.41) is 16.0. The molecular formula is C24H33N9O6S. The Hall–Kier alpha value is -4.57. The summed E-state index contributed by atoms with van der Waals surface area (Å²) in [5.74, 6) is -2.23. The van der Waals surface area contributed by atoms with E-state index in [2.05, 4.69) is 37.2 Å². The van der Waals surface area contributed by atoms with Crippen LogP contribution in [0.1, 0.15) is 35.6 Å². The van der Waals surface area contributed by atoms with Gasteiger partial charge in [0.15, 0.2) is 5.82 Å². The van der Waals surface area contributed by atoms with Gasteiger partial charge in [-0.15, -0.1) is 0 Å². The van der Waals surface area contributed by atoms with Crippen LogP contribution in [0.3, 0.4) is 0 Å². The number of amidine groups is 1. The first-order valence-corrected chi connectivity index (χ1v) is 13.4. The maximum Gasteiger partial charge on any atom is 0.329 e. The summed E-state index contributed by atoms with van der Waals surface area (Å²) in [6.45, 7) is 6.93. The average molecular weight is 576 g/mol. The number of hydrogen-bond donors (Lipinski definition) is 7. The van der Waals surface area contributed by atoms with Gasteiger partial charge >= 0.3 is 11.9 Å². The molecule has 0 aliphatic heterocycles. The first-order valence-electron chi connectivity index (χ1n) is 12.0. The molecular weight excluding hydrogens is 542 g/mol. The van der Waals surface area contributed by atoms with Crippen LogP contribution in [-0.4, -0.2) is 69.4 Å². The summed E-state index contributed by atoms with van der Waals surface area (Å²) >= 11 is 0. The normalized spacial score (nSPS) is 11.9. The maximum absolute atomic E-state index is 12.8. The number of nitrogen functional groups attached to an aromatic ring is 1. The van der Waals surface area contributed by atoms with Gasteiger partial charge in [-0.25, -0.2) is 23.7 Å². The molecule has 0 radical (unpaired) electrons. The number of anilines is 2. The largest absolute Gasteiger partial charge is 0.465 e. The number of ether oxygens (including phenoxy) is 2. The van der Waals surface area contributed by atoms with Crippen LogP contribution in [-0.2, 0) is 36.6 Å². The molecule has 1 aromatic carbocycles. The third kappa shape index (κ3) is 10.3. The highest BCUT2D eigenvalue weighted by atomic mass is 32.2. The molecule has 1 amide bonds. The molecule has 40 heavy (non-hydrogen) atoms. The number of rotatable bonds is 16. The zero-order valence-electron chi connectivity index (χ0n) is 22.1. The summed E-state index contributed by atoms with van der Waals surface area (Å²) in [5.41, 5.74) is 12.6. The van der Waals surface area contributed by atoms with Crippen LogP contribution < -0.4 is 32.1 Å². The van der Waals surface area contributed by atoms with E-state index in [0.29, 0.717) is 11.4 Å². The Bertz CT molecular complexity index is 1260. The minimum Gasteiger partial charge on any atom is -0.465 e. The number of carbonyl (C=O) groups excluding carboxylic acids is 3. The molecule has 2 rings (SSSR count). The lowest BCUT2D eigenvalue weighted by atomic mass is 10.1. The van der Waals surface area contributed by atoms with E-state index in [1.165, 1.54) is 18.3 Å². The molecule has 16 heteroatoms. The zero-order chi connectivity index (χ0) is 29.7. The number of aromatic nitrogens is 2. The standard InChI is InChI=1S/C24H33N9O6S/c1-4-38-19(34)12-30-40(37)13-18(24(36)39-5-2)33-23(35)15-6-8-16(9-7-15)28-10-17-11-29-22(31-14(3)25)20(32-17)21(26)27/h6-9,11,18,28,30H,3-5,10,12-13,25H2,1-2H3,(H3,26,27)(H,29,31)(H,33,35). The van der Waals surface area contributed by atoms with Gasteiger partial charge in [-0.2, -0.15) is 0 Å². The molecule has 2 aromatic rings. The van der Waals surface area contributed by atoms with Crippen molar-refractivity contribution in [1.29, 1.82) is 5.41 Å². The van der Waals surface area contributed by atoms with Crippen molar-refractivity contribution in [3.8, 4) is 0 Å². The Morgan fingerprint density at radius 2 is 1.80 bits per heavy atom. The lowest BCUT2D eigenvalue weighted by Crippen LogP contribution is -2.47. The van der Waals surface area contributed by atoms with Gasteiger partial charge < -0.3 is 36.9 Å². The van der Waals surface area contributed by atoms with E-state index in [1.807, 2.05) is 0 Å². The summed E-state index contributed by atoms with van der Waals surface area (Å²) in [6, 6.07) is 5.12. The van der Waals surface area contributed by atoms with Crippen molar-refractivity contribution in [1.82, 2.24) is 20.0 Å². The molecule has 216 valence electrons. The predicted octanol–water partition coefficient (Wildman–Crippen LogP) is -0.308. The smallest absolute Gasteiger partial charge is 0.329 e. The summed E-state index contributed by atoms with van der Waals surface area (Å²) in [4.78, 5) is 45.1. The van der Waals surface area contributed by atoms with Gasteiger partial charge in [-0.1, -0.05) is 6.58 Å². The number of benzene rings is 1. The van der Waals surface area contributed by atoms with Gasteiger partial charge in [0.25, 0.3) is 5.91 Å². The van der Waals surface area contributed by atoms with Gasteiger partial charge in [0.2, 0.25) is 0 Å².